The first-order chi connectivity index (χ1) is 33.7. The topological polar surface area (TPSA) is 177 Å². The third-order valence-electron chi connectivity index (χ3n) is 9.31. The smallest absolute Gasteiger partial charge is 0.357 e. The van der Waals surface area contributed by atoms with Gasteiger partial charge >= 0.3 is 17.9 Å². The number of ether oxygens (including phenoxy) is 8. The Balaban J connectivity index is 0.000000196. The number of thiazole rings is 1. The molecule has 16 heteroatoms. The number of rotatable bonds is 17. The Kier molecular flexibility index (Phi) is 20.2. The number of esters is 3. The highest BCUT2D eigenvalue weighted by Crippen LogP contribution is 2.28. The van der Waals surface area contributed by atoms with E-state index in [2.05, 4.69) is 19.9 Å². The number of nitrogens with zero attached hydrogens (tertiary/aromatic N) is 4. The molecule has 7 aromatic rings. The molecule has 0 aliphatic rings. The van der Waals surface area contributed by atoms with Crippen molar-refractivity contribution in [2.45, 2.75) is 73.4 Å². The van der Waals surface area contributed by atoms with Crippen LogP contribution >= 0.6 is 11.3 Å². The zero-order valence-electron chi connectivity index (χ0n) is 41.0. The Morgan fingerprint density at radius 1 is 0.529 bits per heavy atom. The van der Waals surface area contributed by atoms with Gasteiger partial charge in [0, 0.05) is 47.2 Å². The third kappa shape index (κ3) is 16.4. The summed E-state index contributed by atoms with van der Waals surface area (Å²) in [4.78, 5) is 53.9. The van der Waals surface area contributed by atoms with Crippen LogP contribution in [-0.4, -0.2) is 84.1 Å². The van der Waals surface area contributed by atoms with E-state index in [1.807, 2.05) is 113 Å². The van der Waals surface area contributed by atoms with E-state index in [0.29, 0.717) is 35.2 Å². The molecule has 0 atom stereocenters. The first-order valence-corrected chi connectivity index (χ1v) is 23.3. The predicted molar refractivity (Wildman–Crippen MR) is 268 cm³/mol. The van der Waals surface area contributed by atoms with Crippen LogP contribution in [0.2, 0.25) is 0 Å². The first kappa shape index (κ1) is 53.1. The third-order valence-corrected chi connectivity index (χ3v) is 10.1. The molecule has 0 spiro atoms. The molecule has 0 N–H and O–H groups in total. The fraction of sp³-hybridized carbons (Fsp3) is 0.278. The molecule has 7 rings (SSSR count). The highest BCUT2D eigenvalue weighted by atomic mass is 32.1. The highest BCUT2D eigenvalue weighted by molar-refractivity contribution is 7.09. The average molecular weight is 971 g/mol. The van der Waals surface area contributed by atoms with Crippen LogP contribution in [0.25, 0.3) is 33.8 Å². The molecule has 70 heavy (non-hydrogen) atoms. The van der Waals surface area contributed by atoms with Crippen LogP contribution in [-0.2, 0) is 20.8 Å². The van der Waals surface area contributed by atoms with Gasteiger partial charge in [-0.1, -0.05) is 6.07 Å². The molecule has 0 radical (unpaired) electrons. The SMILES string of the molecule is CCOc1ccc(-c2cccc(C(=O)OCc3cncs3)n2)cc1.COC(=O)c1cc(OC)cc(-c2ccc(OC(C)C)cc2)n1.COc1cc(C(=O)OC(C)C)nc(-c2ccc(OC(C)C)cc2)c1. The number of carbonyl (C=O) groups excluding carboxylic acids is 3. The summed E-state index contributed by atoms with van der Waals surface area (Å²) in [6, 6.07) is 34.6. The number of hydrogen-bond donors (Lipinski definition) is 0. The molecule has 15 nitrogen and oxygen atoms in total. The summed E-state index contributed by atoms with van der Waals surface area (Å²) in [5.74, 6) is 2.07. The second-order valence-electron chi connectivity index (χ2n) is 15.8. The number of methoxy groups -OCH3 is 3. The predicted octanol–water partition coefficient (Wildman–Crippen LogP) is 11.4. The van der Waals surface area contributed by atoms with Crippen LogP contribution in [0.5, 0.6) is 28.7 Å². The van der Waals surface area contributed by atoms with E-state index in [1.165, 1.54) is 18.4 Å². The van der Waals surface area contributed by atoms with Gasteiger partial charge in [0.2, 0.25) is 0 Å². The van der Waals surface area contributed by atoms with Crippen molar-refractivity contribution in [3.63, 3.8) is 0 Å². The van der Waals surface area contributed by atoms with Crippen molar-refractivity contribution in [2.75, 3.05) is 27.9 Å². The minimum absolute atomic E-state index is 0.114. The maximum atomic E-state index is 12.1. The molecule has 4 heterocycles. The summed E-state index contributed by atoms with van der Waals surface area (Å²) in [6.07, 6.45) is 1.71. The number of aromatic nitrogens is 4. The highest BCUT2D eigenvalue weighted by Gasteiger charge is 2.16. The van der Waals surface area contributed by atoms with Crippen LogP contribution in [0.1, 0.15) is 84.8 Å². The maximum absolute atomic E-state index is 12.1. The lowest BCUT2D eigenvalue weighted by molar-refractivity contribution is 0.0369. The van der Waals surface area contributed by atoms with Crippen molar-refractivity contribution in [2.24, 2.45) is 0 Å². The molecule has 0 aliphatic carbocycles. The summed E-state index contributed by atoms with van der Waals surface area (Å²) < 4.78 is 42.4. The standard InChI is InChI=1S/C19H23NO4.C18H16N2O3S.C17H19NO4/c1-12(2)23-15-8-6-14(7-9-15)17-10-16(22-5)11-18(20-17)19(21)24-13(3)4;1-2-22-14-8-6-13(7-9-14)16-4-3-5-17(20-16)18(21)23-11-15-10-19-12-24-15;1-11(2)22-13-7-5-12(6-8-13)15-9-14(20-3)10-16(18-15)17(19)21-4/h6-13H,1-5H3;3-10,12H,2,11H2,1H3;5-11H,1-4H3. The van der Waals surface area contributed by atoms with Gasteiger partial charge in [-0.3, -0.25) is 4.98 Å². The maximum Gasteiger partial charge on any atom is 0.357 e. The van der Waals surface area contributed by atoms with Gasteiger partial charge in [0.15, 0.2) is 11.4 Å². The molecule has 0 saturated carbocycles. The first-order valence-electron chi connectivity index (χ1n) is 22.4. The molecule has 0 amide bonds. The molecule has 4 aromatic heterocycles. The van der Waals surface area contributed by atoms with Gasteiger partial charge in [-0.25, -0.2) is 29.3 Å². The van der Waals surface area contributed by atoms with Crippen molar-refractivity contribution in [1.29, 1.82) is 0 Å². The number of hydrogen-bond acceptors (Lipinski definition) is 16. The summed E-state index contributed by atoms with van der Waals surface area (Å²) >= 11 is 1.44. The largest absolute Gasteiger partial charge is 0.497 e. The quantitative estimate of drug-likeness (QED) is 0.0621. The average Bonchev–Trinajstić information content (AvgIpc) is 3.90. The Labute approximate surface area is 412 Å². The second-order valence-corrected chi connectivity index (χ2v) is 16.8. The van der Waals surface area contributed by atoms with Gasteiger partial charge in [-0.15, -0.1) is 11.3 Å². The lowest BCUT2D eigenvalue weighted by atomic mass is 10.1. The Bertz CT molecular complexity index is 2750. The number of benzene rings is 3. The van der Waals surface area contributed by atoms with Gasteiger partial charge in [0.25, 0.3) is 0 Å². The van der Waals surface area contributed by atoms with Crippen LogP contribution < -0.4 is 23.7 Å². The van der Waals surface area contributed by atoms with E-state index in [4.69, 9.17) is 37.9 Å². The van der Waals surface area contributed by atoms with Gasteiger partial charge < -0.3 is 37.9 Å². The van der Waals surface area contributed by atoms with Crippen molar-refractivity contribution < 1.29 is 52.3 Å². The van der Waals surface area contributed by atoms with Crippen molar-refractivity contribution in [3.8, 4) is 62.5 Å². The summed E-state index contributed by atoms with van der Waals surface area (Å²) in [6.45, 7) is 14.3. The van der Waals surface area contributed by atoms with Crippen LogP contribution in [0.3, 0.4) is 0 Å². The van der Waals surface area contributed by atoms with Crippen LogP contribution in [0.15, 0.2) is 127 Å². The summed E-state index contributed by atoms with van der Waals surface area (Å²) in [5, 5.41) is 0. The van der Waals surface area contributed by atoms with E-state index in [9.17, 15) is 14.4 Å². The van der Waals surface area contributed by atoms with Gasteiger partial charge in [0.1, 0.15) is 41.0 Å². The summed E-state index contributed by atoms with van der Waals surface area (Å²) in [7, 11) is 4.41. The minimum Gasteiger partial charge on any atom is -0.497 e. The van der Waals surface area contributed by atoms with Crippen molar-refractivity contribution in [1.82, 2.24) is 19.9 Å². The van der Waals surface area contributed by atoms with Crippen molar-refractivity contribution in [3.05, 3.63) is 149 Å². The monoisotopic (exact) mass is 970 g/mol. The van der Waals surface area contributed by atoms with Gasteiger partial charge in [0.05, 0.1) is 73.7 Å². The van der Waals surface area contributed by atoms with Crippen LogP contribution in [0, 0.1) is 0 Å². The number of pyridine rings is 3. The molecule has 0 aliphatic heterocycles. The zero-order chi connectivity index (χ0) is 50.6. The van der Waals surface area contributed by atoms with Crippen LogP contribution in [0.4, 0.5) is 0 Å². The normalized spacial score (nSPS) is 10.5. The Morgan fingerprint density at radius 2 is 1.01 bits per heavy atom. The fourth-order valence-electron chi connectivity index (χ4n) is 6.21. The second kappa shape index (κ2) is 26.6. The van der Waals surface area contributed by atoms with Crippen molar-refractivity contribution >= 4 is 29.2 Å². The Hall–Kier alpha value is -7.85. The Morgan fingerprint density at radius 3 is 1.46 bits per heavy atom. The molecular weight excluding hydrogens is 913 g/mol. The molecule has 3 aromatic carbocycles. The van der Waals surface area contributed by atoms with E-state index in [1.54, 1.807) is 76.2 Å². The van der Waals surface area contributed by atoms with Gasteiger partial charge in [-0.05, 0) is 133 Å². The van der Waals surface area contributed by atoms with Gasteiger partial charge in [-0.2, -0.15) is 0 Å². The summed E-state index contributed by atoms with van der Waals surface area (Å²) in [5.41, 5.74) is 7.04. The molecule has 0 fully saturated rings. The fourth-order valence-corrected chi connectivity index (χ4v) is 6.71. The zero-order valence-corrected chi connectivity index (χ0v) is 41.8. The van der Waals surface area contributed by atoms with E-state index in [0.717, 1.165) is 38.8 Å². The van der Waals surface area contributed by atoms with E-state index < -0.39 is 17.9 Å². The number of carbonyl (C=O) groups is 3. The lowest BCUT2D eigenvalue weighted by Gasteiger charge is -2.12. The van der Waals surface area contributed by atoms with E-state index >= 15 is 0 Å². The molecule has 0 saturated heterocycles. The molecular formula is C54H58N4O11S. The minimum atomic E-state index is -0.500. The molecule has 0 unspecified atom stereocenters. The molecule has 366 valence electrons. The molecule has 0 bridgehead atoms. The lowest BCUT2D eigenvalue weighted by Crippen LogP contribution is -2.13. The van der Waals surface area contributed by atoms with E-state index in [-0.39, 0.29) is 42.0 Å².